The summed E-state index contributed by atoms with van der Waals surface area (Å²) in [6.45, 7) is 3.60. The number of aromatic nitrogens is 1. The van der Waals surface area contributed by atoms with Crippen LogP contribution in [0.25, 0.3) is 10.9 Å². The standard InChI is InChI=1S/C14H17ClFNO3S/c1-2-3-8-20-9-7-17-10-13(21(15,18)19)14-11(16)5-4-6-12(14)17/h4-6,10H,2-3,7-9H2,1H3. The van der Waals surface area contributed by atoms with Gasteiger partial charge in [-0.3, -0.25) is 0 Å². The summed E-state index contributed by atoms with van der Waals surface area (Å²) in [4.78, 5) is -0.203. The molecule has 2 aromatic rings. The fourth-order valence-corrected chi connectivity index (χ4v) is 3.20. The molecule has 0 aliphatic heterocycles. The lowest BCUT2D eigenvalue weighted by atomic mass is 10.2. The Kier molecular flexibility index (Phi) is 5.24. The highest BCUT2D eigenvalue weighted by Crippen LogP contribution is 2.30. The number of fused-ring (bicyclic) bond motifs is 1. The maximum Gasteiger partial charge on any atom is 0.263 e. The Morgan fingerprint density at radius 1 is 1.33 bits per heavy atom. The van der Waals surface area contributed by atoms with Gasteiger partial charge in [0.05, 0.1) is 17.5 Å². The molecule has 7 heteroatoms. The number of unbranched alkanes of at least 4 members (excludes halogenated alkanes) is 1. The molecule has 0 amide bonds. The fraction of sp³-hybridized carbons (Fsp3) is 0.429. The molecule has 1 aromatic carbocycles. The van der Waals surface area contributed by atoms with Crippen molar-refractivity contribution in [3.63, 3.8) is 0 Å². The number of rotatable bonds is 7. The van der Waals surface area contributed by atoms with E-state index in [4.69, 9.17) is 15.4 Å². The summed E-state index contributed by atoms with van der Waals surface area (Å²) >= 11 is 0. The fourth-order valence-electron chi connectivity index (χ4n) is 2.15. The third-order valence-corrected chi connectivity index (χ3v) is 4.54. The minimum absolute atomic E-state index is 0.0288. The summed E-state index contributed by atoms with van der Waals surface area (Å²) in [5, 5.41) is 0.0288. The Morgan fingerprint density at radius 2 is 2.10 bits per heavy atom. The molecule has 0 spiro atoms. The van der Waals surface area contributed by atoms with E-state index in [0.717, 1.165) is 12.8 Å². The van der Waals surface area contributed by atoms with Crippen LogP contribution in [-0.4, -0.2) is 26.2 Å². The van der Waals surface area contributed by atoms with Crippen LogP contribution < -0.4 is 0 Å². The summed E-state index contributed by atoms with van der Waals surface area (Å²) in [7, 11) is 1.39. The van der Waals surface area contributed by atoms with E-state index in [1.165, 1.54) is 18.3 Å². The Hall–Kier alpha value is -1.11. The molecule has 4 nitrogen and oxygen atoms in total. The molecule has 0 fully saturated rings. The van der Waals surface area contributed by atoms with E-state index in [9.17, 15) is 12.8 Å². The molecule has 0 bridgehead atoms. The molecule has 0 atom stereocenters. The van der Waals surface area contributed by atoms with Crippen LogP contribution in [0.15, 0.2) is 29.3 Å². The van der Waals surface area contributed by atoms with Crippen molar-refractivity contribution in [1.29, 1.82) is 0 Å². The number of hydrogen-bond donors (Lipinski definition) is 0. The highest BCUT2D eigenvalue weighted by Gasteiger charge is 2.21. The van der Waals surface area contributed by atoms with Crippen LogP contribution in [-0.2, 0) is 20.3 Å². The maximum absolute atomic E-state index is 13.9. The lowest BCUT2D eigenvalue weighted by molar-refractivity contribution is 0.124. The van der Waals surface area contributed by atoms with Gasteiger partial charge < -0.3 is 9.30 Å². The van der Waals surface area contributed by atoms with Gasteiger partial charge in [-0.2, -0.15) is 0 Å². The Balaban J connectivity index is 2.31. The van der Waals surface area contributed by atoms with Crippen LogP contribution >= 0.6 is 10.7 Å². The van der Waals surface area contributed by atoms with Crippen LogP contribution in [0, 0.1) is 5.82 Å². The van der Waals surface area contributed by atoms with Gasteiger partial charge in [0.15, 0.2) is 0 Å². The lowest BCUT2D eigenvalue weighted by Gasteiger charge is -2.06. The van der Waals surface area contributed by atoms with E-state index in [0.29, 0.717) is 25.3 Å². The molecule has 0 saturated heterocycles. The number of ether oxygens (including phenoxy) is 1. The van der Waals surface area contributed by atoms with E-state index in [2.05, 4.69) is 6.92 Å². The van der Waals surface area contributed by atoms with Crippen molar-refractivity contribution in [3.05, 3.63) is 30.2 Å². The van der Waals surface area contributed by atoms with Crippen LogP contribution in [0.2, 0.25) is 0 Å². The average molecular weight is 334 g/mol. The van der Waals surface area contributed by atoms with Gasteiger partial charge in [-0.05, 0) is 18.6 Å². The van der Waals surface area contributed by atoms with Gasteiger partial charge in [0.2, 0.25) is 0 Å². The zero-order valence-corrected chi connectivity index (χ0v) is 13.3. The highest BCUT2D eigenvalue weighted by atomic mass is 35.7. The zero-order chi connectivity index (χ0) is 15.5. The third-order valence-electron chi connectivity index (χ3n) is 3.20. The molecule has 0 N–H and O–H groups in total. The van der Waals surface area contributed by atoms with Gasteiger partial charge in [0.25, 0.3) is 9.05 Å². The Morgan fingerprint density at radius 3 is 2.76 bits per heavy atom. The molecule has 0 aliphatic rings. The van der Waals surface area contributed by atoms with E-state index in [-0.39, 0.29) is 10.3 Å². The minimum Gasteiger partial charge on any atom is -0.380 e. The molecule has 116 valence electrons. The molecular formula is C14H17ClFNO3S. The van der Waals surface area contributed by atoms with E-state index in [1.54, 1.807) is 10.6 Å². The lowest BCUT2D eigenvalue weighted by Crippen LogP contribution is -2.05. The third kappa shape index (κ3) is 3.75. The largest absolute Gasteiger partial charge is 0.380 e. The van der Waals surface area contributed by atoms with Crippen LogP contribution in [0.1, 0.15) is 19.8 Å². The first kappa shape index (κ1) is 16.3. The van der Waals surface area contributed by atoms with E-state index in [1.807, 2.05) is 0 Å². The number of halogens is 2. The first-order valence-electron chi connectivity index (χ1n) is 6.75. The van der Waals surface area contributed by atoms with Crippen molar-refractivity contribution in [1.82, 2.24) is 4.57 Å². The van der Waals surface area contributed by atoms with Gasteiger partial charge in [0.1, 0.15) is 10.7 Å². The van der Waals surface area contributed by atoms with Crippen molar-refractivity contribution in [2.75, 3.05) is 13.2 Å². The molecule has 0 aliphatic carbocycles. The molecular weight excluding hydrogens is 317 g/mol. The Labute approximate surface area is 127 Å². The summed E-state index contributed by atoms with van der Waals surface area (Å²) < 4.78 is 44.2. The van der Waals surface area contributed by atoms with Gasteiger partial charge in [0, 0.05) is 30.0 Å². The number of hydrogen-bond acceptors (Lipinski definition) is 3. The van der Waals surface area contributed by atoms with Crippen LogP contribution in [0.5, 0.6) is 0 Å². The first-order chi connectivity index (χ1) is 9.95. The number of nitrogens with zero attached hydrogens (tertiary/aromatic N) is 1. The first-order valence-corrected chi connectivity index (χ1v) is 9.06. The normalized spacial score (nSPS) is 12.1. The van der Waals surface area contributed by atoms with Crippen molar-refractivity contribution in [3.8, 4) is 0 Å². The van der Waals surface area contributed by atoms with E-state index >= 15 is 0 Å². The number of benzene rings is 1. The van der Waals surface area contributed by atoms with Crippen molar-refractivity contribution in [2.45, 2.75) is 31.2 Å². The summed E-state index contributed by atoms with van der Waals surface area (Å²) in [5.74, 6) is -0.600. The molecule has 0 unspecified atom stereocenters. The topological polar surface area (TPSA) is 48.3 Å². The van der Waals surface area contributed by atoms with Gasteiger partial charge >= 0.3 is 0 Å². The second kappa shape index (κ2) is 6.77. The molecule has 21 heavy (non-hydrogen) atoms. The smallest absolute Gasteiger partial charge is 0.263 e. The molecule has 2 rings (SSSR count). The SMILES string of the molecule is CCCCOCCn1cc(S(=O)(=O)Cl)c2c(F)cccc21. The quantitative estimate of drug-likeness (QED) is 0.575. The van der Waals surface area contributed by atoms with Crippen LogP contribution in [0.4, 0.5) is 4.39 Å². The van der Waals surface area contributed by atoms with E-state index < -0.39 is 14.9 Å². The summed E-state index contributed by atoms with van der Waals surface area (Å²) in [5.41, 5.74) is 0.494. The maximum atomic E-state index is 13.9. The Bertz CT molecular complexity index is 727. The highest BCUT2D eigenvalue weighted by molar-refractivity contribution is 8.14. The molecule has 1 heterocycles. The van der Waals surface area contributed by atoms with Crippen LogP contribution in [0.3, 0.4) is 0 Å². The molecule has 0 radical (unpaired) electrons. The van der Waals surface area contributed by atoms with Gasteiger partial charge in [-0.1, -0.05) is 19.4 Å². The summed E-state index contributed by atoms with van der Waals surface area (Å²) in [6.07, 6.45) is 3.38. The van der Waals surface area contributed by atoms with Gasteiger partial charge in [-0.15, -0.1) is 0 Å². The molecule has 0 saturated carbocycles. The minimum atomic E-state index is -4.00. The predicted octanol–water partition coefficient (Wildman–Crippen LogP) is 3.52. The second-order valence-corrected chi connectivity index (χ2v) is 7.26. The van der Waals surface area contributed by atoms with Gasteiger partial charge in [-0.25, -0.2) is 12.8 Å². The zero-order valence-electron chi connectivity index (χ0n) is 11.7. The van der Waals surface area contributed by atoms with Crippen molar-refractivity contribution >= 4 is 30.6 Å². The average Bonchev–Trinajstić information content (AvgIpc) is 2.79. The molecule has 1 aromatic heterocycles. The predicted molar refractivity (Wildman–Crippen MR) is 80.7 cm³/mol. The summed E-state index contributed by atoms with van der Waals surface area (Å²) in [6, 6.07) is 4.42. The second-order valence-electron chi connectivity index (χ2n) is 4.72. The van der Waals surface area contributed by atoms with Crippen molar-refractivity contribution in [2.24, 2.45) is 0 Å². The van der Waals surface area contributed by atoms with Crippen molar-refractivity contribution < 1.29 is 17.5 Å². The monoisotopic (exact) mass is 333 g/mol.